The molecule has 1 aliphatic rings. The average molecular weight is 481 g/mol. The molecule has 0 aromatic heterocycles. The van der Waals surface area contributed by atoms with Crippen LogP contribution in [0.25, 0.3) is 0 Å². The van der Waals surface area contributed by atoms with E-state index >= 15 is 0 Å². The molecule has 1 amide bonds. The molecule has 3 aromatic rings. The van der Waals surface area contributed by atoms with E-state index in [1.165, 1.54) is 4.31 Å². The predicted octanol–water partition coefficient (Wildman–Crippen LogP) is 4.92. The summed E-state index contributed by atoms with van der Waals surface area (Å²) in [5.74, 6) is 1.12. The smallest absolute Gasteiger partial charge is 0.243 e. The van der Waals surface area contributed by atoms with Crippen LogP contribution in [-0.4, -0.2) is 38.3 Å². The fraction of sp³-hybridized carbons (Fsp3) is 0.269. The number of benzene rings is 3. The second-order valence-corrected chi connectivity index (χ2v) is 9.95. The number of amides is 1. The molecule has 3 aromatic carbocycles. The third-order valence-electron chi connectivity index (χ3n) is 5.64. The van der Waals surface area contributed by atoms with Gasteiger partial charge in [-0.05, 0) is 68.3 Å². The van der Waals surface area contributed by atoms with E-state index in [2.05, 4.69) is 5.32 Å². The molecule has 34 heavy (non-hydrogen) atoms. The standard InChI is InChI=1S/C26H28N2O5S/c1-2-32-21-14-16-23(17-15-21)34(30,31)28-18-8-9-20(19-28)26(29)27-24-12-6-7-13-25(24)33-22-10-4-3-5-11-22/h3-7,10-17,20H,2,8-9,18-19H2,1H3,(H,27,29)/t20-/m0/s1. The van der Waals surface area contributed by atoms with Crippen molar-refractivity contribution in [3.8, 4) is 17.2 Å². The van der Waals surface area contributed by atoms with Gasteiger partial charge in [0.2, 0.25) is 15.9 Å². The maximum Gasteiger partial charge on any atom is 0.243 e. The summed E-state index contributed by atoms with van der Waals surface area (Å²) < 4.78 is 39.1. The lowest BCUT2D eigenvalue weighted by Gasteiger charge is -2.31. The van der Waals surface area contributed by atoms with Crippen molar-refractivity contribution in [2.75, 3.05) is 25.0 Å². The lowest BCUT2D eigenvalue weighted by molar-refractivity contribution is -0.120. The molecule has 0 aliphatic carbocycles. The zero-order valence-electron chi connectivity index (χ0n) is 19.0. The number of carbonyl (C=O) groups is 1. The van der Waals surface area contributed by atoms with Crippen molar-refractivity contribution in [1.82, 2.24) is 4.31 Å². The zero-order chi connectivity index (χ0) is 24.0. The number of hydrogen-bond donors (Lipinski definition) is 1. The van der Waals surface area contributed by atoms with E-state index in [1.54, 1.807) is 36.4 Å². The number of anilines is 1. The highest BCUT2D eigenvalue weighted by Gasteiger charge is 2.33. The fourth-order valence-electron chi connectivity index (χ4n) is 3.91. The van der Waals surface area contributed by atoms with Gasteiger partial charge in [0.05, 0.1) is 23.1 Å². The van der Waals surface area contributed by atoms with Crippen molar-refractivity contribution >= 4 is 21.6 Å². The average Bonchev–Trinajstić information content (AvgIpc) is 2.86. The Morgan fingerprint density at radius 3 is 2.41 bits per heavy atom. The Morgan fingerprint density at radius 2 is 1.68 bits per heavy atom. The first-order chi connectivity index (χ1) is 16.5. The topological polar surface area (TPSA) is 84.9 Å². The molecule has 0 radical (unpaired) electrons. The number of sulfonamides is 1. The number of hydrogen-bond acceptors (Lipinski definition) is 5. The summed E-state index contributed by atoms with van der Waals surface area (Å²) in [4.78, 5) is 13.3. The largest absolute Gasteiger partial charge is 0.494 e. The Hall–Kier alpha value is -3.36. The van der Waals surface area contributed by atoms with Crippen LogP contribution in [0.3, 0.4) is 0 Å². The molecule has 7 nitrogen and oxygen atoms in total. The van der Waals surface area contributed by atoms with Gasteiger partial charge < -0.3 is 14.8 Å². The summed E-state index contributed by atoms with van der Waals surface area (Å²) in [6, 6.07) is 22.9. The van der Waals surface area contributed by atoms with Crippen LogP contribution in [0.15, 0.2) is 83.8 Å². The maximum absolute atomic E-state index is 13.2. The van der Waals surface area contributed by atoms with Crippen molar-refractivity contribution in [2.24, 2.45) is 5.92 Å². The number of rotatable bonds is 8. The number of para-hydroxylation sites is 3. The van der Waals surface area contributed by atoms with Crippen molar-refractivity contribution < 1.29 is 22.7 Å². The van der Waals surface area contributed by atoms with Crippen molar-refractivity contribution in [1.29, 1.82) is 0 Å². The van der Waals surface area contributed by atoms with Crippen LogP contribution in [0, 0.1) is 5.92 Å². The Labute approximate surface area is 200 Å². The Kier molecular flexibility index (Phi) is 7.49. The highest BCUT2D eigenvalue weighted by Crippen LogP contribution is 2.31. The highest BCUT2D eigenvalue weighted by atomic mass is 32.2. The van der Waals surface area contributed by atoms with Crippen LogP contribution < -0.4 is 14.8 Å². The first kappa shape index (κ1) is 23.8. The SMILES string of the molecule is CCOc1ccc(S(=O)(=O)N2CCC[C@H](C(=O)Nc3ccccc3Oc3ccccc3)C2)cc1. The van der Waals surface area contributed by atoms with E-state index in [9.17, 15) is 13.2 Å². The first-order valence-electron chi connectivity index (χ1n) is 11.3. The van der Waals surface area contributed by atoms with E-state index < -0.39 is 15.9 Å². The van der Waals surface area contributed by atoms with Gasteiger partial charge in [0, 0.05) is 13.1 Å². The monoisotopic (exact) mass is 480 g/mol. The first-order valence-corrected chi connectivity index (χ1v) is 12.8. The van der Waals surface area contributed by atoms with E-state index in [4.69, 9.17) is 9.47 Å². The van der Waals surface area contributed by atoms with Gasteiger partial charge >= 0.3 is 0 Å². The molecule has 1 saturated heterocycles. The minimum Gasteiger partial charge on any atom is -0.494 e. The lowest BCUT2D eigenvalue weighted by Crippen LogP contribution is -2.43. The zero-order valence-corrected chi connectivity index (χ0v) is 19.8. The van der Waals surface area contributed by atoms with Gasteiger partial charge in [-0.25, -0.2) is 8.42 Å². The Bertz CT molecular complexity index is 1210. The maximum atomic E-state index is 13.2. The molecule has 4 rings (SSSR count). The van der Waals surface area contributed by atoms with Crippen LogP contribution in [0.5, 0.6) is 17.2 Å². The summed E-state index contributed by atoms with van der Waals surface area (Å²) in [6.45, 7) is 2.89. The molecule has 178 valence electrons. The van der Waals surface area contributed by atoms with Crippen molar-refractivity contribution in [2.45, 2.75) is 24.7 Å². The quantitative estimate of drug-likeness (QED) is 0.495. The molecular weight excluding hydrogens is 452 g/mol. The number of nitrogens with one attached hydrogen (secondary N) is 1. The summed E-state index contributed by atoms with van der Waals surface area (Å²) in [5, 5.41) is 2.93. The molecule has 0 bridgehead atoms. The van der Waals surface area contributed by atoms with Gasteiger partial charge in [-0.2, -0.15) is 4.31 Å². The van der Waals surface area contributed by atoms with Crippen LogP contribution in [0.2, 0.25) is 0 Å². The van der Waals surface area contributed by atoms with Gasteiger partial charge in [0.15, 0.2) is 5.75 Å². The molecule has 0 spiro atoms. The normalized spacial score (nSPS) is 16.6. The van der Waals surface area contributed by atoms with Gasteiger partial charge in [0.1, 0.15) is 11.5 Å². The van der Waals surface area contributed by atoms with E-state index in [0.717, 1.165) is 0 Å². The third-order valence-corrected chi connectivity index (χ3v) is 7.52. The van der Waals surface area contributed by atoms with Crippen LogP contribution in [0.4, 0.5) is 5.69 Å². The van der Waals surface area contributed by atoms with Crippen LogP contribution >= 0.6 is 0 Å². The fourth-order valence-corrected chi connectivity index (χ4v) is 5.43. The predicted molar refractivity (Wildman–Crippen MR) is 131 cm³/mol. The second-order valence-electron chi connectivity index (χ2n) is 8.01. The molecule has 0 unspecified atom stereocenters. The van der Waals surface area contributed by atoms with E-state index in [1.807, 2.05) is 49.4 Å². The summed E-state index contributed by atoms with van der Waals surface area (Å²) in [7, 11) is -3.71. The number of nitrogens with zero attached hydrogens (tertiary/aromatic N) is 1. The van der Waals surface area contributed by atoms with Gasteiger partial charge in [0.25, 0.3) is 0 Å². The molecule has 1 aliphatic heterocycles. The molecule has 1 N–H and O–H groups in total. The van der Waals surface area contributed by atoms with E-state index in [0.29, 0.717) is 48.9 Å². The molecule has 1 atom stereocenters. The van der Waals surface area contributed by atoms with Gasteiger partial charge in [-0.1, -0.05) is 30.3 Å². The van der Waals surface area contributed by atoms with Crippen molar-refractivity contribution in [3.63, 3.8) is 0 Å². The number of piperidine rings is 1. The Morgan fingerprint density at radius 1 is 0.971 bits per heavy atom. The number of ether oxygens (including phenoxy) is 2. The minimum atomic E-state index is -3.71. The molecule has 0 saturated carbocycles. The van der Waals surface area contributed by atoms with Crippen LogP contribution in [-0.2, 0) is 14.8 Å². The van der Waals surface area contributed by atoms with Crippen LogP contribution in [0.1, 0.15) is 19.8 Å². The molecule has 8 heteroatoms. The minimum absolute atomic E-state index is 0.128. The second kappa shape index (κ2) is 10.7. The molecule has 1 heterocycles. The summed E-state index contributed by atoms with van der Waals surface area (Å²) >= 11 is 0. The lowest BCUT2D eigenvalue weighted by atomic mass is 9.98. The highest BCUT2D eigenvalue weighted by molar-refractivity contribution is 7.89. The number of carbonyl (C=O) groups excluding carboxylic acids is 1. The summed E-state index contributed by atoms with van der Waals surface area (Å²) in [5.41, 5.74) is 0.544. The summed E-state index contributed by atoms with van der Waals surface area (Å²) in [6.07, 6.45) is 1.22. The molecular formula is C26H28N2O5S. The van der Waals surface area contributed by atoms with Crippen molar-refractivity contribution in [3.05, 3.63) is 78.9 Å². The van der Waals surface area contributed by atoms with Gasteiger partial charge in [-0.15, -0.1) is 0 Å². The molecule has 1 fully saturated rings. The van der Waals surface area contributed by atoms with Gasteiger partial charge in [-0.3, -0.25) is 4.79 Å². The third kappa shape index (κ3) is 5.58. The Balaban J connectivity index is 1.45. The van der Waals surface area contributed by atoms with E-state index in [-0.39, 0.29) is 17.3 Å².